The van der Waals surface area contributed by atoms with Gasteiger partial charge in [0.15, 0.2) is 5.69 Å². The molecule has 0 aliphatic rings. The summed E-state index contributed by atoms with van der Waals surface area (Å²) >= 11 is 0. The quantitative estimate of drug-likeness (QED) is 0.0983. The van der Waals surface area contributed by atoms with Crippen molar-refractivity contribution in [1.29, 1.82) is 0 Å². The summed E-state index contributed by atoms with van der Waals surface area (Å²) in [5.41, 5.74) is 3.00. The van der Waals surface area contributed by atoms with Gasteiger partial charge in [-0.1, -0.05) is 68.7 Å². The second kappa shape index (κ2) is 20.8. The van der Waals surface area contributed by atoms with E-state index in [-0.39, 0.29) is 18.7 Å². The van der Waals surface area contributed by atoms with Gasteiger partial charge in [0.25, 0.3) is 5.91 Å². The number of carbonyl (C=O) groups is 2. The number of rotatable bonds is 21. The molecule has 0 unspecified atom stereocenters. The Balaban J connectivity index is 1.66. The van der Waals surface area contributed by atoms with E-state index in [0.29, 0.717) is 36.6 Å². The average molecular weight is 580 g/mol. The van der Waals surface area contributed by atoms with Crippen LogP contribution >= 0.6 is 0 Å². The number of aromatic nitrogens is 2. The zero-order valence-corrected chi connectivity index (χ0v) is 24.9. The summed E-state index contributed by atoms with van der Waals surface area (Å²) in [6.07, 6.45) is 22.0. The van der Waals surface area contributed by atoms with Gasteiger partial charge < -0.3 is 9.84 Å². The standard InChI is InChI=1S/C33H45N3O6/c1-3-27-26-30(37)32(34-36(27)28-21-20-22-29(25-28)41-4-2)33(40)35-42-24-19-17-15-13-11-9-7-5-6-8-10-12-14-16-18-23-31(38)39/h5-6,9,11,15,17,20-22,25-26H,3-4,7-8,10,12-14,16,18-19,23-24H2,1-2H3,(H,35,40)(H,38,39). The largest absolute Gasteiger partial charge is 0.494 e. The number of hydroxylamine groups is 1. The molecule has 0 spiro atoms. The molecule has 0 atom stereocenters. The van der Waals surface area contributed by atoms with Crippen LogP contribution in [-0.2, 0) is 16.1 Å². The Bertz CT molecular complexity index is 1250. The van der Waals surface area contributed by atoms with Gasteiger partial charge in [-0.2, -0.15) is 5.10 Å². The Morgan fingerprint density at radius 2 is 1.62 bits per heavy atom. The number of benzene rings is 1. The van der Waals surface area contributed by atoms with Crippen LogP contribution < -0.4 is 15.6 Å². The average Bonchev–Trinajstić information content (AvgIpc) is 2.98. The van der Waals surface area contributed by atoms with Crippen LogP contribution in [0.5, 0.6) is 5.75 Å². The number of nitrogens with zero attached hydrogens (tertiary/aromatic N) is 2. The Morgan fingerprint density at radius 3 is 2.33 bits per heavy atom. The molecule has 228 valence electrons. The predicted octanol–water partition coefficient (Wildman–Crippen LogP) is 6.51. The van der Waals surface area contributed by atoms with E-state index >= 15 is 0 Å². The molecule has 0 radical (unpaired) electrons. The highest BCUT2D eigenvalue weighted by Crippen LogP contribution is 2.18. The number of unbranched alkanes of at least 4 members (excludes halogenated alkanes) is 5. The highest BCUT2D eigenvalue weighted by molar-refractivity contribution is 5.91. The molecule has 0 fully saturated rings. The van der Waals surface area contributed by atoms with E-state index in [0.717, 1.165) is 51.4 Å². The van der Waals surface area contributed by atoms with E-state index in [1.165, 1.54) is 6.07 Å². The maximum absolute atomic E-state index is 12.6. The Hall–Kier alpha value is -3.98. The molecular weight excluding hydrogens is 534 g/mol. The summed E-state index contributed by atoms with van der Waals surface area (Å²) in [5.74, 6) is -0.717. The van der Waals surface area contributed by atoms with Crippen molar-refractivity contribution in [3.8, 4) is 11.4 Å². The lowest BCUT2D eigenvalue weighted by atomic mass is 10.1. The molecule has 9 heteroatoms. The van der Waals surface area contributed by atoms with Crippen molar-refractivity contribution < 1.29 is 24.3 Å². The van der Waals surface area contributed by atoms with Crippen molar-refractivity contribution in [3.05, 3.63) is 88.4 Å². The van der Waals surface area contributed by atoms with E-state index in [1.54, 1.807) is 4.68 Å². The van der Waals surface area contributed by atoms with Crippen molar-refractivity contribution in [2.75, 3.05) is 13.2 Å². The Morgan fingerprint density at radius 1 is 0.929 bits per heavy atom. The molecule has 0 saturated heterocycles. The van der Waals surface area contributed by atoms with E-state index in [4.69, 9.17) is 14.7 Å². The molecule has 0 aliphatic carbocycles. The summed E-state index contributed by atoms with van der Waals surface area (Å²) in [6, 6.07) is 8.76. The molecule has 42 heavy (non-hydrogen) atoms. The molecule has 1 aromatic heterocycles. The number of hydrogen-bond acceptors (Lipinski definition) is 6. The van der Waals surface area contributed by atoms with Crippen LogP contribution in [0.2, 0.25) is 0 Å². The highest BCUT2D eigenvalue weighted by Gasteiger charge is 2.16. The molecule has 0 aliphatic heterocycles. The maximum atomic E-state index is 12.6. The lowest BCUT2D eigenvalue weighted by molar-refractivity contribution is -0.137. The maximum Gasteiger partial charge on any atom is 0.303 e. The highest BCUT2D eigenvalue weighted by atomic mass is 16.6. The summed E-state index contributed by atoms with van der Waals surface area (Å²) < 4.78 is 7.15. The second-order valence-corrected chi connectivity index (χ2v) is 9.70. The van der Waals surface area contributed by atoms with E-state index < -0.39 is 17.3 Å². The van der Waals surface area contributed by atoms with Gasteiger partial charge in [0.2, 0.25) is 5.43 Å². The first-order chi connectivity index (χ1) is 20.5. The Labute approximate surface area is 248 Å². The van der Waals surface area contributed by atoms with Crippen molar-refractivity contribution >= 4 is 11.9 Å². The first kappa shape index (κ1) is 34.2. The number of ether oxygens (including phenoxy) is 1. The molecule has 2 N–H and O–H groups in total. The minimum Gasteiger partial charge on any atom is -0.494 e. The summed E-state index contributed by atoms with van der Waals surface area (Å²) in [5, 5.41) is 12.9. The van der Waals surface area contributed by atoms with Gasteiger partial charge >= 0.3 is 5.97 Å². The van der Waals surface area contributed by atoms with Crippen LogP contribution in [0.4, 0.5) is 0 Å². The van der Waals surface area contributed by atoms with E-state index in [2.05, 4.69) is 34.9 Å². The van der Waals surface area contributed by atoms with Crippen LogP contribution in [0.15, 0.2) is 71.6 Å². The third-order valence-corrected chi connectivity index (χ3v) is 6.31. The fourth-order valence-electron chi connectivity index (χ4n) is 4.14. The molecule has 9 nitrogen and oxygen atoms in total. The van der Waals surface area contributed by atoms with Gasteiger partial charge in [0.1, 0.15) is 5.75 Å². The number of aliphatic carboxylic acids is 1. The van der Waals surface area contributed by atoms with Crippen molar-refractivity contribution in [2.45, 2.75) is 84.5 Å². The smallest absolute Gasteiger partial charge is 0.303 e. The van der Waals surface area contributed by atoms with Crippen molar-refractivity contribution in [2.24, 2.45) is 0 Å². The number of carboxylic acid groups (broad SMARTS) is 1. The van der Waals surface area contributed by atoms with Crippen molar-refractivity contribution in [1.82, 2.24) is 15.3 Å². The monoisotopic (exact) mass is 579 g/mol. The number of carboxylic acids is 1. The molecule has 2 aromatic rings. The lowest BCUT2D eigenvalue weighted by Gasteiger charge is -2.14. The summed E-state index contributed by atoms with van der Waals surface area (Å²) in [4.78, 5) is 40.9. The minimum atomic E-state index is -0.709. The zero-order valence-electron chi connectivity index (χ0n) is 24.9. The predicted molar refractivity (Wildman–Crippen MR) is 165 cm³/mol. The van der Waals surface area contributed by atoms with Gasteiger partial charge in [-0.3, -0.25) is 19.2 Å². The van der Waals surface area contributed by atoms with Gasteiger partial charge in [0.05, 0.1) is 18.9 Å². The third-order valence-electron chi connectivity index (χ3n) is 6.31. The number of hydrogen-bond donors (Lipinski definition) is 2. The van der Waals surface area contributed by atoms with E-state index in [1.807, 2.05) is 50.3 Å². The minimum absolute atomic E-state index is 0.239. The number of carbonyl (C=O) groups excluding carboxylic acids is 1. The molecular formula is C33H45N3O6. The van der Waals surface area contributed by atoms with Crippen LogP contribution in [0.1, 0.15) is 94.2 Å². The number of allylic oxidation sites excluding steroid dienone is 5. The van der Waals surface area contributed by atoms with Crippen LogP contribution in [0.25, 0.3) is 5.69 Å². The summed E-state index contributed by atoms with van der Waals surface area (Å²) in [6.45, 7) is 4.62. The SMILES string of the molecule is CCOc1cccc(-n2nc(C(=O)NOCCC=CCC=CCC=CCCCCCCCC(=O)O)c(=O)cc2CC)c1. The molecule has 2 rings (SSSR count). The molecule has 1 aromatic carbocycles. The van der Waals surface area contributed by atoms with Gasteiger partial charge in [-0.15, -0.1) is 0 Å². The fourth-order valence-corrected chi connectivity index (χ4v) is 4.14. The van der Waals surface area contributed by atoms with Crippen LogP contribution in [0.3, 0.4) is 0 Å². The third kappa shape index (κ3) is 13.6. The summed E-state index contributed by atoms with van der Waals surface area (Å²) in [7, 11) is 0. The van der Waals surface area contributed by atoms with Gasteiger partial charge in [-0.25, -0.2) is 10.2 Å². The first-order valence-corrected chi connectivity index (χ1v) is 14.9. The number of nitrogens with one attached hydrogen (secondary N) is 1. The lowest BCUT2D eigenvalue weighted by Crippen LogP contribution is -2.32. The first-order valence-electron chi connectivity index (χ1n) is 14.9. The Kier molecular flexibility index (Phi) is 17.0. The molecule has 1 heterocycles. The van der Waals surface area contributed by atoms with Crippen LogP contribution in [-0.4, -0.2) is 40.0 Å². The fraction of sp³-hybridized carbons (Fsp3) is 0.455. The molecule has 0 saturated carbocycles. The topological polar surface area (TPSA) is 120 Å². The van der Waals surface area contributed by atoms with Crippen molar-refractivity contribution in [3.63, 3.8) is 0 Å². The molecule has 0 bridgehead atoms. The van der Waals surface area contributed by atoms with Gasteiger partial charge in [0, 0.05) is 24.2 Å². The molecule has 1 amide bonds. The second-order valence-electron chi connectivity index (χ2n) is 9.70. The number of aryl methyl sites for hydroxylation is 1. The van der Waals surface area contributed by atoms with E-state index in [9.17, 15) is 14.4 Å². The van der Waals surface area contributed by atoms with Gasteiger partial charge in [-0.05, 0) is 64.0 Å². The number of amides is 1. The zero-order chi connectivity index (χ0) is 30.4. The normalized spacial score (nSPS) is 11.6. The van der Waals surface area contributed by atoms with Crippen LogP contribution in [0, 0.1) is 0 Å².